The minimum Gasteiger partial charge on any atom is -0.381 e. The molecule has 0 atom stereocenters. The third-order valence-corrected chi connectivity index (χ3v) is 2.87. The van der Waals surface area contributed by atoms with Crippen LogP contribution in [0.1, 0.15) is 12.8 Å². The van der Waals surface area contributed by atoms with Gasteiger partial charge in [-0.3, -0.25) is 14.7 Å². The molecule has 1 aromatic rings. The number of carbonyl (C=O) groups excluding carboxylic acids is 1. The zero-order chi connectivity index (χ0) is 13.9. The molecule has 1 aromatic heterocycles. The van der Waals surface area contributed by atoms with Crippen LogP contribution in [0.3, 0.4) is 0 Å². The lowest BCUT2D eigenvalue weighted by Crippen LogP contribution is -2.49. The second-order valence-electron chi connectivity index (χ2n) is 4.14. The number of rotatable bonds is 2. The smallest absolute Gasteiger partial charge is 0.381 e. The number of aromatic nitrogens is 1. The van der Waals surface area contributed by atoms with Crippen molar-refractivity contribution >= 4 is 11.6 Å². The molecule has 0 N–H and O–H groups in total. The molecule has 2 heterocycles. The van der Waals surface area contributed by atoms with Gasteiger partial charge in [0, 0.05) is 31.5 Å². The van der Waals surface area contributed by atoms with Gasteiger partial charge in [-0.25, -0.2) is 0 Å². The van der Waals surface area contributed by atoms with Crippen molar-refractivity contribution in [2.24, 2.45) is 0 Å². The summed E-state index contributed by atoms with van der Waals surface area (Å²) >= 11 is 0. The summed E-state index contributed by atoms with van der Waals surface area (Å²) in [5.74, 6) is -1.89. The van der Waals surface area contributed by atoms with Crippen molar-refractivity contribution in [2.75, 3.05) is 18.1 Å². The Hall–Kier alpha value is -1.63. The first kappa shape index (κ1) is 13.8. The maximum atomic E-state index is 12.7. The normalized spacial score (nSPS) is 17.2. The van der Waals surface area contributed by atoms with Gasteiger partial charge in [-0.05, 0) is 18.9 Å². The molecular weight excluding hydrogens is 261 g/mol. The molecule has 103 valence electrons. The van der Waals surface area contributed by atoms with Gasteiger partial charge in [0.1, 0.15) is 0 Å². The summed E-state index contributed by atoms with van der Waals surface area (Å²) in [6.45, 7) is 0.680. The summed E-state index contributed by atoms with van der Waals surface area (Å²) in [5.41, 5.74) is 0.0386. The van der Waals surface area contributed by atoms with Crippen LogP contribution in [0.4, 0.5) is 18.9 Å². The number of pyridine rings is 1. The van der Waals surface area contributed by atoms with Gasteiger partial charge in [0.25, 0.3) is 0 Å². The van der Waals surface area contributed by atoms with E-state index in [0.717, 1.165) is 4.90 Å². The van der Waals surface area contributed by atoms with Crippen molar-refractivity contribution in [3.8, 4) is 0 Å². The van der Waals surface area contributed by atoms with Gasteiger partial charge in [-0.1, -0.05) is 0 Å². The Labute approximate surface area is 108 Å². The molecule has 1 amide bonds. The highest BCUT2D eigenvalue weighted by Gasteiger charge is 2.45. The number of carbonyl (C=O) groups is 1. The minimum absolute atomic E-state index is 0.0386. The molecule has 0 bridgehead atoms. The third-order valence-electron chi connectivity index (χ3n) is 2.87. The van der Waals surface area contributed by atoms with E-state index in [0.29, 0.717) is 26.1 Å². The van der Waals surface area contributed by atoms with Crippen LogP contribution in [0.2, 0.25) is 0 Å². The largest absolute Gasteiger partial charge is 0.471 e. The summed E-state index contributed by atoms with van der Waals surface area (Å²) in [6, 6.07) is 3.46. The van der Waals surface area contributed by atoms with Crippen LogP contribution in [-0.4, -0.2) is 36.3 Å². The van der Waals surface area contributed by atoms with Gasteiger partial charge < -0.3 is 4.74 Å². The second kappa shape index (κ2) is 5.56. The predicted molar refractivity (Wildman–Crippen MR) is 60.5 cm³/mol. The quantitative estimate of drug-likeness (QED) is 0.827. The summed E-state index contributed by atoms with van der Waals surface area (Å²) < 4.78 is 43.2. The SMILES string of the molecule is O=C(N(c1[c]ccnc1)C1CCOCC1)C(F)(F)F. The number of hydrogen-bond donors (Lipinski definition) is 0. The Morgan fingerprint density at radius 3 is 2.63 bits per heavy atom. The number of alkyl halides is 3. The number of halogens is 3. The van der Waals surface area contributed by atoms with Crippen LogP contribution < -0.4 is 4.90 Å². The molecule has 1 radical (unpaired) electrons. The molecule has 0 aliphatic carbocycles. The molecule has 0 spiro atoms. The third kappa shape index (κ3) is 3.23. The topological polar surface area (TPSA) is 42.4 Å². The molecule has 7 heteroatoms. The first-order valence-corrected chi connectivity index (χ1v) is 5.80. The highest BCUT2D eigenvalue weighted by atomic mass is 19.4. The van der Waals surface area contributed by atoms with E-state index in [9.17, 15) is 18.0 Å². The van der Waals surface area contributed by atoms with Gasteiger partial charge in [0.15, 0.2) is 0 Å². The first-order valence-electron chi connectivity index (χ1n) is 5.80. The Kier molecular flexibility index (Phi) is 4.04. The summed E-state index contributed by atoms with van der Waals surface area (Å²) in [5, 5.41) is 0. The van der Waals surface area contributed by atoms with Crippen molar-refractivity contribution in [1.29, 1.82) is 0 Å². The van der Waals surface area contributed by atoms with Crippen molar-refractivity contribution in [3.05, 3.63) is 24.5 Å². The fourth-order valence-corrected chi connectivity index (χ4v) is 2.00. The molecule has 0 aromatic carbocycles. The Morgan fingerprint density at radius 1 is 1.42 bits per heavy atom. The average molecular weight is 273 g/mol. The molecule has 19 heavy (non-hydrogen) atoms. The van der Waals surface area contributed by atoms with Gasteiger partial charge in [0.2, 0.25) is 0 Å². The minimum atomic E-state index is -4.91. The summed E-state index contributed by atoms with van der Waals surface area (Å²) in [7, 11) is 0. The van der Waals surface area contributed by atoms with Crippen LogP contribution in [0.5, 0.6) is 0 Å². The van der Waals surface area contributed by atoms with Crippen LogP contribution >= 0.6 is 0 Å². The molecular formula is C12H12F3N2O2. The second-order valence-corrected chi connectivity index (χ2v) is 4.14. The zero-order valence-corrected chi connectivity index (χ0v) is 9.98. The highest BCUT2D eigenvalue weighted by molar-refractivity contribution is 5.97. The number of hydrogen-bond acceptors (Lipinski definition) is 3. The van der Waals surface area contributed by atoms with E-state index in [4.69, 9.17) is 4.74 Å². The van der Waals surface area contributed by atoms with Crippen molar-refractivity contribution in [2.45, 2.75) is 25.1 Å². The molecule has 2 rings (SSSR count). The monoisotopic (exact) mass is 273 g/mol. The maximum Gasteiger partial charge on any atom is 0.471 e. The van der Waals surface area contributed by atoms with Gasteiger partial charge in [0.05, 0.1) is 11.9 Å². The van der Waals surface area contributed by atoms with E-state index in [1.54, 1.807) is 0 Å². The lowest BCUT2D eigenvalue weighted by atomic mass is 10.1. The molecule has 0 unspecified atom stereocenters. The van der Waals surface area contributed by atoms with E-state index < -0.39 is 18.1 Å². The maximum absolute atomic E-state index is 12.7. The van der Waals surface area contributed by atoms with E-state index >= 15 is 0 Å². The molecule has 0 saturated carbocycles. The van der Waals surface area contributed by atoms with Crippen molar-refractivity contribution in [1.82, 2.24) is 4.98 Å². The summed E-state index contributed by atoms with van der Waals surface area (Å²) in [6.07, 6.45) is -1.58. The Balaban J connectivity index is 2.30. The lowest BCUT2D eigenvalue weighted by Gasteiger charge is -2.34. The fourth-order valence-electron chi connectivity index (χ4n) is 2.00. The van der Waals surface area contributed by atoms with E-state index in [1.165, 1.54) is 18.5 Å². The highest BCUT2D eigenvalue weighted by Crippen LogP contribution is 2.28. The summed E-state index contributed by atoms with van der Waals surface area (Å²) in [4.78, 5) is 16.0. The van der Waals surface area contributed by atoms with E-state index in [-0.39, 0.29) is 5.69 Å². The molecule has 4 nitrogen and oxygen atoms in total. The van der Waals surface area contributed by atoms with Crippen LogP contribution in [0.25, 0.3) is 0 Å². The number of anilines is 1. The predicted octanol–water partition coefficient (Wildman–Crippen LogP) is 1.96. The number of nitrogens with zero attached hydrogens (tertiary/aromatic N) is 2. The Morgan fingerprint density at radius 2 is 2.11 bits per heavy atom. The van der Waals surface area contributed by atoms with Crippen LogP contribution in [0, 0.1) is 6.07 Å². The molecule has 1 fully saturated rings. The first-order chi connectivity index (χ1) is 9.00. The molecule has 1 saturated heterocycles. The van der Waals surface area contributed by atoms with Gasteiger partial charge in [-0.2, -0.15) is 13.2 Å². The van der Waals surface area contributed by atoms with Crippen LogP contribution in [0.15, 0.2) is 18.5 Å². The van der Waals surface area contributed by atoms with Crippen molar-refractivity contribution < 1.29 is 22.7 Å². The number of ether oxygens (including phenoxy) is 1. The van der Waals surface area contributed by atoms with Gasteiger partial charge >= 0.3 is 12.1 Å². The zero-order valence-electron chi connectivity index (χ0n) is 9.98. The van der Waals surface area contributed by atoms with E-state index in [1.807, 2.05) is 0 Å². The van der Waals surface area contributed by atoms with Crippen molar-refractivity contribution in [3.63, 3.8) is 0 Å². The average Bonchev–Trinajstić information content (AvgIpc) is 2.40. The van der Waals surface area contributed by atoms with Crippen LogP contribution in [-0.2, 0) is 9.53 Å². The Bertz CT molecular complexity index is 430. The molecule has 1 aliphatic rings. The molecule has 1 aliphatic heterocycles. The van der Waals surface area contributed by atoms with Gasteiger partial charge in [-0.15, -0.1) is 0 Å². The standard InChI is InChI=1S/C12H12F3N2O2/c13-12(14,15)11(18)17(9-3-6-19-7-4-9)10-2-1-5-16-8-10/h1,5,8-9H,3-4,6-7H2. The van der Waals surface area contributed by atoms with E-state index in [2.05, 4.69) is 11.1 Å². The fraction of sp³-hybridized carbons (Fsp3) is 0.500. The lowest BCUT2D eigenvalue weighted by molar-refractivity contribution is -0.171. The number of amides is 1.